The summed E-state index contributed by atoms with van der Waals surface area (Å²) >= 11 is 0. The number of aromatic nitrogens is 1. The zero-order valence-corrected chi connectivity index (χ0v) is 11.8. The Kier molecular flexibility index (Phi) is 3.59. The first-order chi connectivity index (χ1) is 9.16. The molecule has 0 saturated carbocycles. The molecule has 2 fully saturated rings. The zero-order valence-electron chi connectivity index (χ0n) is 11.8. The van der Waals surface area contributed by atoms with Crippen LogP contribution < -0.4 is 0 Å². The topological polar surface area (TPSA) is 36.4 Å². The summed E-state index contributed by atoms with van der Waals surface area (Å²) in [6.45, 7) is 0. The van der Waals surface area contributed by atoms with Gasteiger partial charge in [0.2, 0.25) is 0 Å². The Morgan fingerprint density at radius 3 is 2.68 bits per heavy atom. The van der Waals surface area contributed by atoms with Crippen molar-refractivity contribution in [2.24, 2.45) is 0 Å². The molecule has 0 aliphatic carbocycles. The minimum atomic E-state index is -0.472. The fourth-order valence-electron chi connectivity index (χ4n) is 3.86. The Morgan fingerprint density at radius 2 is 2.05 bits per heavy atom. The Bertz CT molecular complexity index is 406. The lowest BCUT2D eigenvalue weighted by atomic mass is 9.74. The van der Waals surface area contributed by atoms with Crippen LogP contribution in [0.25, 0.3) is 0 Å². The molecule has 3 nitrogen and oxygen atoms in total. The highest BCUT2D eigenvalue weighted by atomic mass is 16.3. The van der Waals surface area contributed by atoms with Crippen molar-refractivity contribution in [2.75, 3.05) is 7.05 Å². The van der Waals surface area contributed by atoms with Crippen LogP contribution in [0.15, 0.2) is 24.4 Å². The first kappa shape index (κ1) is 13.1. The molecule has 19 heavy (non-hydrogen) atoms. The van der Waals surface area contributed by atoms with Gasteiger partial charge in [-0.1, -0.05) is 12.5 Å². The Morgan fingerprint density at radius 1 is 1.32 bits per heavy atom. The summed E-state index contributed by atoms with van der Waals surface area (Å²) in [6.07, 6.45) is 9.28. The van der Waals surface area contributed by atoms with Crippen LogP contribution in [0.2, 0.25) is 0 Å². The van der Waals surface area contributed by atoms with Gasteiger partial charge in [-0.25, -0.2) is 0 Å². The molecular formula is C16H24N2O. The molecule has 1 aromatic rings. The zero-order chi connectivity index (χ0) is 13.3. The quantitative estimate of drug-likeness (QED) is 0.906. The van der Waals surface area contributed by atoms with Crippen molar-refractivity contribution in [1.29, 1.82) is 0 Å². The van der Waals surface area contributed by atoms with Crippen molar-refractivity contribution in [3.05, 3.63) is 30.1 Å². The number of hydrogen-bond acceptors (Lipinski definition) is 3. The van der Waals surface area contributed by atoms with Crippen LogP contribution in [-0.2, 0) is 6.42 Å². The van der Waals surface area contributed by atoms with Gasteiger partial charge in [0.15, 0.2) is 0 Å². The molecule has 0 radical (unpaired) electrons. The van der Waals surface area contributed by atoms with Gasteiger partial charge in [-0.3, -0.25) is 4.98 Å². The van der Waals surface area contributed by atoms with E-state index in [1.807, 2.05) is 18.3 Å². The third kappa shape index (κ3) is 2.82. The van der Waals surface area contributed by atoms with E-state index in [2.05, 4.69) is 23.0 Å². The maximum Gasteiger partial charge on any atom is 0.0681 e. The number of fused-ring (bicyclic) bond motifs is 2. The summed E-state index contributed by atoms with van der Waals surface area (Å²) in [5.41, 5.74) is 0.625. The number of piperidine rings is 2. The van der Waals surface area contributed by atoms with Gasteiger partial charge in [-0.05, 0) is 57.7 Å². The van der Waals surface area contributed by atoms with Crippen LogP contribution in [0.1, 0.15) is 44.2 Å². The summed E-state index contributed by atoms with van der Waals surface area (Å²) < 4.78 is 0. The van der Waals surface area contributed by atoms with E-state index in [-0.39, 0.29) is 0 Å². The van der Waals surface area contributed by atoms with Gasteiger partial charge < -0.3 is 10.0 Å². The van der Waals surface area contributed by atoms with Crippen molar-refractivity contribution >= 4 is 0 Å². The number of aryl methyl sites for hydroxylation is 1. The molecule has 2 aliphatic rings. The molecule has 0 spiro atoms. The molecule has 1 aromatic heterocycles. The standard InChI is InChI=1S/C16H24N2O/c1-18-14-6-4-7-15(18)12-16(19,11-14)9-8-13-5-2-3-10-17-13/h2-3,5,10,14-15,19H,4,6-9,11-12H2,1H3. The van der Waals surface area contributed by atoms with Gasteiger partial charge in [0.25, 0.3) is 0 Å². The average molecular weight is 260 g/mol. The fraction of sp³-hybridized carbons (Fsp3) is 0.688. The van der Waals surface area contributed by atoms with E-state index in [4.69, 9.17) is 0 Å². The lowest BCUT2D eigenvalue weighted by Gasteiger charge is -2.50. The second kappa shape index (κ2) is 5.22. The average Bonchev–Trinajstić information content (AvgIpc) is 2.40. The number of pyridine rings is 1. The molecule has 104 valence electrons. The van der Waals surface area contributed by atoms with Crippen molar-refractivity contribution in [2.45, 2.75) is 62.6 Å². The van der Waals surface area contributed by atoms with Crippen LogP contribution in [0.4, 0.5) is 0 Å². The van der Waals surface area contributed by atoms with E-state index < -0.39 is 5.60 Å². The molecule has 3 heteroatoms. The minimum absolute atomic E-state index is 0.472. The normalized spacial score (nSPS) is 35.3. The summed E-state index contributed by atoms with van der Waals surface area (Å²) in [7, 11) is 2.23. The van der Waals surface area contributed by atoms with Crippen molar-refractivity contribution < 1.29 is 5.11 Å². The van der Waals surface area contributed by atoms with Crippen molar-refractivity contribution in [3.8, 4) is 0 Å². The highest BCUT2D eigenvalue weighted by Crippen LogP contribution is 2.40. The second-order valence-corrected chi connectivity index (χ2v) is 6.36. The van der Waals surface area contributed by atoms with Crippen molar-refractivity contribution in [1.82, 2.24) is 9.88 Å². The van der Waals surface area contributed by atoms with E-state index in [1.165, 1.54) is 19.3 Å². The van der Waals surface area contributed by atoms with E-state index in [1.54, 1.807) is 0 Å². The highest BCUT2D eigenvalue weighted by molar-refractivity contribution is 5.06. The van der Waals surface area contributed by atoms with Gasteiger partial charge in [0.05, 0.1) is 5.60 Å². The molecule has 2 unspecified atom stereocenters. The number of rotatable bonds is 3. The van der Waals surface area contributed by atoms with Crippen LogP contribution in [-0.4, -0.2) is 39.7 Å². The number of nitrogens with zero attached hydrogens (tertiary/aromatic N) is 2. The molecular weight excluding hydrogens is 236 g/mol. The minimum Gasteiger partial charge on any atom is -0.390 e. The van der Waals surface area contributed by atoms with Crippen LogP contribution >= 0.6 is 0 Å². The number of hydrogen-bond donors (Lipinski definition) is 1. The predicted molar refractivity (Wildman–Crippen MR) is 75.9 cm³/mol. The summed E-state index contributed by atoms with van der Waals surface area (Å²) in [5, 5.41) is 10.9. The molecule has 2 atom stereocenters. The van der Waals surface area contributed by atoms with E-state index in [0.717, 1.165) is 31.4 Å². The fourth-order valence-corrected chi connectivity index (χ4v) is 3.86. The van der Waals surface area contributed by atoms with Gasteiger partial charge in [-0.2, -0.15) is 0 Å². The predicted octanol–water partition coefficient (Wildman–Crippen LogP) is 2.39. The number of aliphatic hydroxyl groups is 1. The smallest absolute Gasteiger partial charge is 0.0681 e. The Labute approximate surface area is 115 Å². The summed E-state index contributed by atoms with van der Waals surface area (Å²) in [5.74, 6) is 0. The van der Waals surface area contributed by atoms with Gasteiger partial charge in [0, 0.05) is 24.0 Å². The molecule has 2 saturated heterocycles. The highest BCUT2D eigenvalue weighted by Gasteiger charge is 2.43. The Hall–Kier alpha value is -0.930. The second-order valence-electron chi connectivity index (χ2n) is 6.36. The summed E-state index contributed by atoms with van der Waals surface area (Å²) in [6, 6.07) is 7.19. The van der Waals surface area contributed by atoms with Gasteiger partial charge in [-0.15, -0.1) is 0 Å². The van der Waals surface area contributed by atoms with E-state index >= 15 is 0 Å². The molecule has 0 aromatic carbocycles. The van der Waals surface area contributed by atoms with Crippen LogP contribution in [0.3, 0.4) is 0 Å². The third-order valence-corrected chi connectivity index (χ3v) is 5.03. The first-order valence-electron chi connectivity index (χ1n) is 7.50. The monoisotopic (exact) mass is 260 g/mol. The lowest BCUT2D eigenvalue weighted by molar-refractivity contribution is -0.0867. The molecule has 3 rings (SSSR count). The maximum atomic E-state index is 10.9. The third-order valence-electron chi connectivity index (χ3n) is 5.03. The van der Waals surface area contributed by atoms with Crippen LogP contribution in [0.5, 0.6) is 0 Å². The summed E-state index contributed by atoms with van der Waals surface area (Å²) in [4.78, 5) is 6.86. The molecule has 0 amide bonds. The van der Waals surface area contributed by atoms with Crippen molar-refractivity contribution in [3.63, 3.8) is 0 Å². The largest absolute Gasteiger partial charge is 0.390 e. The molecule has 2 aliphatic heterocycles. The molecule has 1 N–H and O–H groups in total. The van der Waals surface area contributed by atoms with Crippen LogP contribution in [0, 0.1) is 0 Å². The Balaban J connectivity index is 1.64. The first-order valence-corrected chi connectivity index (χ1v) is 7.50. The van der Waals surface area contributed by atoms with Gasteiger partial charge >= 0.3 is 0 Å². The van der Waals surface area contributed by atoms with E-state index in [9.17, 15) is 5.11 Å². The molecule has 2 bridgehead atoms. The van der Waals surface area contributed by atoms with Gasteiger partial charge in [0.1, 0.15) is 0 Å². The molecule has 3 heterocycles. The lowest BCUT2D eigenvalue weighted by Crippen LogP contribution is -2.56. The van der Waals surface area contributed by atoms with E-state index in [0.29, 0.717) is 12.1 Å². The SMILES string of the molecule is CN1C2CCCC1CC(O)(CCc1ccccn1)C2. The maximum absolute atomic E-state index is 10.9.